The molecule has 25 heavy (non-hydrogen) atoms. The maximum Gasteiger partial charge on any atom is 0.225 e. The van der Waals surface area contributed by atoms with E-state index in [1.807, 2.05) is 17.7 Å². The van der Waals surface area contributed by atoms with Gasteiger partial charge in [-0.25, -0.2) is 4.68 Å². The number of amides is 1. The van der Waals surface area contributed by atoms with Gasteiger partial charge < -0.3 is 11.1 Å². The van der Waals surface area contributed by atoms with Crippen LogP contribution in [0, 0.1) is 0 Å². The number of aryl methyl sites for hydroxylation is 1. The number of nitrogens with one attached hydrogen (secondary N) is 1. The summed E-state index contributed by atoms with van der Waals surface area (Å²) in [6, 6.07) is 10.6. The van der Waals surface area contributed by atoms with Crippen LogP contribution in [0.5, 0.6) is 0 Å². The summed E-state index contributed by atoms with van der Waals surface area (Å²) in [5.74, 6) is 0.759. The Hall–Kier alpha value is -1.56. The number of halogens is 2. The van der Waals surface area contributed by atoms with Gasteiger partial charge in [0.15, 0.2) is 0 Å². The Bertz CT molecular complexity index is 687. The lowest BCUT2D eigenvalue weighted by Crippen LogP contribution is -2.23. The van der Waals surface area contributed by atoms with Crippen LogP contribution in [0.15, 0.2) is 36.5 Å². The summed E-state index contributed by atoms with van der Waals surface area (Å²) < 4.78 is 1.95. The summed E-state index contributed by atoms with van der Waals surface area (Å²) >= 11 is 0. The third-order valence-electron chi connectivity index (χ3n) is 4.40. The zero-order chi connectivity index (χ0) is 16.2. The highest BCUT2D eigenvalue weighted by Crippen LogP contribution is 2.34. The van der Waals surface area contributed by atoms with Crippen molar-refractivity contribution in [2.45, 2.75) is 51.1 Å². The van der Waals surface area contributed by atoms with Crippen molar-refractivity contribution in [1.82, 2.24) is 9.78 Å². The molecule has 3 rings (SSSR count). The fourth-order valence-corrected chi connectivity index (χ4v) is 3.21. The fourth-order valence-electron chi connectivity index (χ4n) is 3.21. The Morgan fingerprint density at radius 3 is 2.88 bits per heavy atom. The number of fused-ring (bicyclic) bond motifs is 1. The van der Waals surface area contributed by atoms with Crippen LogP contribution in [0.25, 0.3) is 0 Å². The average Bonchev–Trinajstić information content (AvgIpc) is 3.00. The average molecular weight is 385 g/mol. The van der Waals surface area contributed by atoms with Gasteiger partial charge in [-0.1, -0.05) is 24.3 Å². The van der Waals surface area contributed by atoms with Crippen molar-refractivity contribution in [1.29, 1.82) is 0 Å². The molecule has 0 bridgehead atoms. The molecule has 0 fully saturated rings. The van der Waals surface area contributed by atoms with E-state index in [1.54, 1.807) is 6.20 Å². The van der Waals surface area contributed by atoms with Crippen LogP contribution in [0.3, 0.4) is 0 Å². The molecule has 5 nitrogen and oxygen atoms in total. The van der Waals surface area contributed by atoms with Crippen LogP contribution in [-0.2, 0) is 11.2 Å². The molecule has 7 heteroatoms. The van der Waals surface area contributed by atoms with Crippen LogP contribution in [0.2, 0.25) is 0 Å². The predicted molar refractivity (Wildman–Crippen MR) is 106 cm³/mol. The second-order valence-corrected chi connectivity index (χ2v) is 6.33. The first kappa shape index (κ1) is 21.5. The monoisotopic (exact) mass is 384 g/mol. The van der Waals surface area contributed by atoms with Crippen LogP contribution in [-0.4, -0.2) is 21.7 Å². The van der Waals surface area contributed by atoms with Gasteiger partial charge in [0.25, 0.3) is 0 Å². The Labute approximate surface area is 161 Å². The molecule has 2 atom stereocenters. The van der Waals surface area contributed by atoms with Crippen LogP contribution >= 0.6 is 24.8 Å². The van der Waals surface area contributed by atoms with E-state index >= 15 is 0 Å². The number of nitrogens with zero attached hydrogens (tertiary/aromatic N) is 2. The second-order valence-electron chi connectivity index (χ2n) is 6.33. The van der Waals surface area contributed by atoms with Crippen molar-refractivity contribution in [3.8, 4) is 0 Å². The minimum absolute atomic E-state index is 0. The summed E-state index contributed by atoms with van der Waals surface area (Å²) in [5.41, 5.74) is 8.41. The zero-order valence-electron chi connectivity index (χ0n) is 14.4. The molecule has 0 saturated heterocycles. The summed E-state index contributed by atoms with van der Waals surface area (Å²) in [7, 11) is 0. The van der Waals surface area contributed by atoms with E-state index in [0.717, 1.165) is 25.1 Å². The van der Waals surface area contributed by atoms with Gasteiger partial charge in [-0.2, -0.15) is 5.10 Å². The maximum atomic E-state index is 12.1. The van der Waals surface area contributed by atoms with Crippen LogP contribution in [0.4, 0.5) is 5.82 Å². The first-order chi connectivity index (χ1) is 11.1. The molecule has 0 saturated carbocycles. The molecule has 1 heterocycles. The third kappa shape index (κ3) is 5.21. The van der Waals surface area contributed by atoms with Crippen molar-refractivity contribution in [2.75, 3.05) is 5.32 Å². The number of hydrogen-bond acceptors (Lipinski definition) is 3. The summed E-state index contributed by atoms with van der Waals surface area (Å²) in [6.45, 7) is 1.91. The number of nitrogens with two attached hydrogens (primary N) is 1. The molecular formula is C18H26Cl2N4O. The Kier molecular flexibility index (Phi) is 8.42. The number of carbonyl (C=O) groups excluding carboxylic acids is 1. The Balaban J connectivity index is 0.00000156. The van der Waals surface area contributed by atoms with Crippen LogP contribution in [0.1, 0.15) is 49.8 Å². The number of hydrogen-bond donors (Lipinski definition) is 2. The molecule has 138 valence electrons. The third-order valence-corrected chi connectivity index (χ3v) is 4.40. The van der Waals surface area contributed by atoms with E-state index in [0.29, 0.717) is 12.8 Å². The molecule has 1 aliphatic carbocycles. The van der Waals surface area contributed by atoms with Crippen molar-refractivity contribution >= 4 is 36.5 Å². The predicted octanol–water partition coefficient (Wildman–Crippen LogP) is 3.72. The molecule has 1 amide bonds. The first-order valence-electron chi connectivity index (χ1n) is 8.32. The molecule has 0 aliphatic heterocycles. The molecule has 1 aromatic carbocycles. The molecule has 1 aliphatic rings. The summed E-state index contributed by atoms with van der Waals surface area (Å²) in [6.07, 6.45) is 6.17. The van der Waals surface area contributed by atoms with Gasteiger partial charge in [0.1, 0.15) is 5.82 Å². The van der Waals surface area contributed by atoms with E-state index < -0.39 is 0 Å². The minimum atomic E-state index is -0.00635. The van der Waals surface area contributed by atoms with E-state index in [-0.39, 0.29) is 42.8 Å². The van der Waals surface area contributed by atoms with E-state index in [2.05, 4.69) is 34.7 Å². The van der Waals surface area contributed by atoms with Crippen molar-refractivity contribution in [2.24, 2.45) is 5.73 Å². The highest BCUT2D eigenvalue weighted by Gasteiger charge is 2.24. The lowest BCUT2D eigenvalue weighted by atomic mass is 9.88. The molecule has 0 radical (unpaired) electrons. The highest BCUT2D eigenvalue weighted by molar-refractivity contribution is 5.89. The van der Waals surface area contributed by atoms with Gasteiger partial charge in [0.2, 0.25) is 5.91 Å². The van der Waals surface area contributed by atoms with Crippen molar-refractivity contribution in [3.05, 3.63) is 47.7 Å². The molecule has 0 spiro atoms. The number of anilines is 1. The van der Waals surface area contributed by atoms with E-state index in [4.69, 9.17) is 5.73 Å². The minimum Gasteiger partial charge on any atom is -0.328 e. The largest absolute Gasteiger partial charge is 0.328 e. The summed E-state index contributed by atoms with van der Waals surface area (Å²) in [4.78, 5) is 12.1. The number of carbonyl (C=O) groups is 1. The quantitative estimate of drug-likeness (QED) is 0.824. The number of benzene rings is 1. The summed E-state index contributed by atoms with van der Waals surface area (Å²) in [5, 5.41) is 7.44. The van der Waals surface area contributed by atoms with E-state index in [1.165, 1.54) is 11.1 Å². The number of rotatable bonds is 5. The smallest absolute Gasteiger partial charge is 0.225 e. The molecule has 1 aromatic heterocycles. The Morgan fingerprint density at radius 2 is 2.12 bits per heavy atom. The first-order valence-corrected chi connectivity index (χ1v) is 8.32. The number of aromatic nitrogens is 2. The zero-order valence-corrected chi connectivity index (χ0v) is 16.0. The normalized spacial score (nSPS) is 16.8. The fraction of sp³-hybridized carbons (Fsp3) is 0.444. The van der Waals surface area contributed by atoms with Crippen LogP contribution < -0.4 is 11.1 Å². The SMILES string of the molecule is CC(N)CCC(=O)Nc1ccnn1C1CCCc2ccccc21.Cl.Cl. The maximum absolute atomic E-state index is 12.1. The van der Waals surface area contributed by atoms with Gasteiger partial charge in [0.05, 0.1) is 12.2 Å². The standard InChI is InChI=1S/C18H24N4O.2ClH/c1-13(19)9-10-18(23)21-17-11-12-20-22(17)16-8-4-6-14-5-2-3-7-15(14)16;;/h2-3,5,7,11-13,16H,4,6,8-10,19H2,1H3,(H,21,23);2*1H. The van der Waals surface area contributed by atoms with Gasteiger partial charge in [-0.15, -0.1) is 24.8 Å². The van der Waals surface area contributed by atoms with Gasteiger partial charge in [-0.05, 0) is 43.7 Å². The van der Waals surface area contributed by atoms with Gasteiger partial charge >= 0.3 is 0 Å². The topological polar surface area (TPSA) is 72.9 Å². The lowest BCUT2D eigenvalue weighted by Gasteiger charge is -2.27. The van der Waals surface area contributed by atoms with Crippen molar-refractivity contribution in [3.63, 3.8) is 0 Å². The molecule has 2 unspecified atom stereocenters. The molecule has 2 aromatic rings. The van der Waals surface area contributed by atoms with Crippen molar-refractivity contribution < 1.29 is 4.79 Å². The molecular weight excluding hydrogens is 359 g/mol. The second kappa shape index (κ2) is 9.80. The van der Waals surface area contributed by atoms with Gasteiger partial charge in [0, 0.05) is 18.5 Å². The molecule has 3 N–H and O–H groups in total. The highest BCUT2D eigenvalue weighted by atomic mass is 35.5. The van der Waals surface area contributed by atoms with E-state index in [9.17, 15) is 4.79 Å². The Morgan fingerprint density at radius 1 is 1.36 bits per heavy atom. The van der Waals surface area contributed by atoms with Gasteiger partial charge in [-0.3, -0.25) is 4.79 Å². The lowest BCUT2D eigenvalue weighted by molar-refractivity contribution is -0.116.